The van der Waals surface area contributed by atoms with Crippen LogP contribution in [0.2, 0.25) is 5.28 Å². The predicted octanol–water partition coefficient (Wildman–Crippen LogP) is 7.30. The fourth-order valence-corrected chi connectivity index (χ4v) is 10.7. The molecule has 2 aliphatic heterocycles. The number of aliphatic hydroxyl groups is 1. The summed E-state index contributed by atoms with van der Waals surface area (Å²) in [4.78, 5) is 63.8. The van der Waals surface area contributed by atoms with Gasteiger partial charge in [0.15, 0.2) is 5.78 Å². The number of para-hydroxylation sites is 1. The maximum atomic E-state index is 13.6. The van der Waals surface area contributed by atoms with E-state index in [1.165, 1.54) is 50.4 Å². The van der Waals surface area contributed by atoms with E-state index in [-0.39, 0.29) is 31.3 Å². The van der Waals surface area contributed by atoms with Gasteiger partial charge in [0.2, 0.25) is 17.1 Å². The van der Waals surface area contributed by atoms with E-state index in [1.54, 1.807) is 32.1 Å². The summed E-state index contributed by atoms with van der Waals surface area (Å²) in [6.45, 7) is 9.31. The van der Waals surface area contributed by atoms with E-state index in [2.05, 4.69) is 57.0 Å². The highest BCUT2D eigenvalue weighted by Crippen LogP contribution is 2.57. The highest BCUT2D eigenvalue weighted by molar-refractivity contribution is 7.87. The van der Waals surface area contributed by atoms with Crippen molar-refractivity contribution < 1.29 is 37.4 Å². The summed E-state index contributed by atoms with van der Waals surface area (Å²) in [5, 5.41) is 16.9. The maximum absolute atomic E-state index is 13.6. The van der Waals surface area contributed by atoms with Gasteiger partial charge in [-0.3, -0.25) is 14.4 Å². The smallest absolute Gasteiger partial charge is 0.408 e. The van der Waals surface area contributed by atoms with Crippen LogP contribution in [-0.4, -0.2) is 105 Å². The SMILES string of the molecule is CC(C)n1c(Cl)nc2c(-c3nc(C4CCCC4)cs3)cccc21.CN(C)S(=O)(=O)NC(=O)[C@]12CC(=O)[C@@H]3C[C@@H](O)CN3C(=O)[C@@H](NC(=O)OC(C)(C)C)CCCCC/C=C\[C@@H]1C2. The number of carbonyl (C=O) groups is 4. The molecule has 5 atom stereocenters. The van der Waals surface area contributed by atoms with E-state index in [1.807, 2.05) is 12.2 Å². The number of amides is 3. The van der Waals surface area contributed by atoms with Crippen LogP contribution in [0.4, 0.5) is 4.79 Å². The van der Waals surface area contributed by atoms with E-state index in [0.717, 1.165) is 45.2 Å². The molecule has 3 aromatic rings. The number of thiazole rings is 1. The van der Waals surface area contributed by atoms with Crippen LogP contribution in [0.1, 0.15) is 129 Å². The van der Waals surface area contributed by atoms with Crippen molar-refractivity contribution in [2.24, 2.45) is 11.3 Å². The van der Waals surface area contributed by atoms with E-state index >= 15 is 0 Å². The molecule has 2 aromatic heterocycles. The van der Waals surface area contributed by atoms with Gasteiger partial charge in [-0.25, -0.2) is 19.5 Å². The van der Waals surface area contributed by atoms with Crippen LogP contribution in [-0.2, 0) is 29.3 Å². The summed E-state index contributed by atoms with van der Waals surface area (Å²) in [6.07, 6.45) is 10.7. The first kappa shape index (κ1) is 47.6. The first-order chi connectivity index (χ1) is 29.2. The molecule has 3 N–H and O–H groups in total. The van der Waals surface area contributed by atoms with Crippen molar-refractivity contribution in [1.29, 1.82) is 0 Å². The van der Waals surface area contributed by atoms with Crippen LogP contribution < -0.4 is 10.0 Å². The van der Waals surface area contributed by atoms with Gasteiger partial charge < -0.3 is 24.6 Å². The van der Waals surface area contributed by atoms with Crippen molar-refractivity contribution in [3.63, 3.8) is 0 Å². The average Bonchev–Trinajstić information content (AvgIpc) is 3.76. The number of aromatic nitrogens is 3. The molecular formula is C44H62ClN7O8S2. The van der Waals surface area contributed by atoms with Crippen LogP contribution in [0.5, 0.6) is 0 Å². The Balaban J connectivity index is 0.000000234. The number of halogens is 1. The number of allylic oxidation sites excluding steroid dienone is 2. The van der Waals surface area contributed by atoms with Crippen molar-refractivity contribution >= 4 is 67.9 Å². The molecule has 3 amide bonds. The number of nitrogens with one attached hydrogen (secondary N) is 2. The highest BCUT2D eigenvalue weighted by Gasteiger charge is 2.61. The lowest BCUT2D eigenvalue weighted by molar-refractivity contribution is -0.140. The zero-order valence-corrected chi connectivity index (χ0v) is 39.2. The number of benzene rings is 1. The average molecular weight is 917 g/mol. The molecule has 3 fully saturated rings. The second-order valence-electron chi connectivity index (χ2n) is 18.6. The van der Waals surface area contributed by atoms with Crippen LogP contribution in [0.15, 0.2) is 35.7 Å². The normalized spacial score (nSPS) is 25.7. The first-order valence-electron chi connectivity index (χ1n) is 21.7. The number of Topliss-reactive ketones (excluding diaryl/α,β-unsaturated/α-hetero) is 1. The molecule has 2 aliphatic carbocycles. The molecule has 0 radical (unpaired) electrons. The molecule has 7 rings (SSSR count). The molecular weight excluding hydrogens is 854 g/mol. The molecule has 15 nitrogen and oxygen atoms in total. The topological polar surface area (TPSA) is 193 Å². The van der Waals surface area contributed by atoms with Crippen LogP contribution >= 0.6 is 22.9 Å². The number of fused-ring (bicyclic) bond motifs is 3. The largest absolute Gasteiger partial charge is 0.444 e. The van der Waals surface area contributed by atoms with E-state index < -0.39 is 63.1 Å². The quantitative estimate of drug-likeness (QED) is 0.203. The molecule has 340 valence electrons. The van der Waals surface area contributed by atoms with Gasteiger partial charge in [-0.15, -0.1) is 11.3 Å². The Labute approximate surface area is 374 Å². The van der Waals surface area contributed by atoms with Gasteiger partial charge in [-0.05, 0) is 103 Å². The van der Waals surface area contributed by atoms with Crippen molar-refractivity contribution in [3.8, 4) is 10.6 Å². The van der Waals surface area contributed by atoms with Crippen LogP contribution in [0, 0.1) is 11.3 Å². The van der Waals surface area contributed by atoms with Crippen molar-refractivity contribution in [1.82, 2.24) is 33.8 Å². The summed E-state index contributed by atoms with van der Waals surface area (Å²) < 4.78 is 35.1. The van der Waals surface area contributed by atoms with E-state index in [9.17, 15) is 32.7 Å². The van der Waals surface area contributed by atoms with Crippen molar-refractivity contribution in [2.75, 3.05) is 20.6 Å². The van der Waals surface area contributed by atoms with Crippen LogP contribution in [0.3, 0.4) is 0 Å². The zero-order chi connectivity index (χ0) is 45.1. The lowest BCUT2D eigenvalue weighted by atomic mass is 9.91. The number of hydrogen-bond donors (Lipinski definition) is 3. The molecule has 1 aromatic carbocycles. The number of ketones is 1. The van der Waals surface area contributed by atoms with Gasteiger partial charge in [0, 0.05) is 56.4 Å². The molecule has 18 heteroatoms. The molecule has 4 aliphatic rings. The molecule has 0 unspecified atom stereocenters. The Bertz CT molecular complexity index is 2260. The second kappa shape index (κ2) is 19.5. The minimum absolute atomic E-state index is 0.00205. The fourth-order valence-electron chi connectivity index (χ4n) is 8.76. The monoisotopic (exact) mass is 915 g/mol. The van der Waals surface area contributed by atoms with Crippen molar-refractivity contribution in [2.45, 2.75) is 147 Å². The summed E-state index contributed by atoms with van der Waals surface area (Å²) in [7, 11) is -1.47. The third kappa shape index (κ3) is 11.1. The van der Waals surface area contributed by atoms with E-state index in [4.69, 9.17) is 21.3 Å². The number of carbonyl (C=O) groups excluding carboxylic acids is 4. The van der Waals surface area contributed by atoms with Gasteiger partial charge in [0.05, 0.1) is 28.8 Å². The number of ether oxygens (including phenoxy) is 1. The molecule has 2 saturated carbocycles. The van der Waals surface area contributed by atoms with Gasteiger partial charge >= 0.3 is 16.3 Å². The minimum atomic E-state index is -4.07. The van der Waals surface area contributed by atoms with Crippen LogP contribution in [0.25, 0.3) is 21.6 Å². The molecule has 1 saturated heterocycles. The Morgan fingerprint density at radius 2 is 1.77 bits per heavy atom. The Kier molecular flexibility index (Phi) is 14.9. The first-order valence-corrected chi connectivity index (χ1v) is 24.4. The number of nitrogens with zero attached hydrogens (tertiary/aromatic N) is 5. The standard InChI is InChI=1S/C26H42N4O8S.C18H20ClN3S/c1-25(2,3)38-24(35)27-19-12-10-8-6-7-9-11-17-14-26(17,23(34)28-39(36,37)29(4)5)15-21(32)20-13-18(31)16-30(20)22(19)33;1-11(2)22-15-9-5-8-13(16(15)21-18(22)19)17-20-14(10-23-17)12-6-3-4-7-12/h9,11,17-20,31H,6-8,10,12-16H2,1-5H3,(H,27,35)(H,28,34);5,8-12H,3-4,6-7H2,1-2H3/b11-9-;/t17-,18-,19+,20+,26-;/m1./s1. The maximum Gasteiger partial charge on any atom is 0.408 e. The minimum Gasteiger partial charge on any atom is -0.444 e. The molecule has 62 heavy (non-hydrogen) atoms. The Hall–Kier alpha value is -3.90. The number of rotatable bonds is 7. The number of aliphatic hydroxyl groups excluding tert-OH is 1. The predicted molar refractivity (Wildman–Crippen MR) is 240 cm³/mol. The van der Waals surface area contributed by atoms with Crippen molar-refractivity contribution in [3.05, 3.63) is 46.7 Å². The third-order valence-corrected chi connectivity index (χ3v) is 14.7. The lowest BCUT2D eigenvalue weighted by Gasteiger charge is -2.30. The number of alkyl carbamates (subject to hydrolysis) is 1. The summed E-state index contributed by atoms with van der Waals surface area (Å²) >= 11 is 8.09. The Morgan fingerprint density at radius 1 is 1.06 bits per heavy atom. The molecule has 0 bridgehead atoms. The lowest BCUT2D eigenvalue weighted by Crippen LogP contribution is -2.53. The Morgan fingerprint density at radius 3 is 2.45 bits per heavy atom. The molecule has 4 heterocycles. The zero-order valence-electron chi connectivity index (χ0n) is 36.9. The van der Waals surface area contributed by atoms with Gasteiger partial charge in [-0.1, -0.05) is 43.9 Å². The summed E-state index contributed by atoms with van der Waals surface area (Å²) in [6, 6.07) is 4.61. The van der Waals surface area contributed by atoms with E-state index in [0.29, 0.717) is 30.5 Å². The van der Waals surface area contributed by atoms with Gasteiger partial charge in [-0.2, -0.15) is 12.7 Å². The number of hydrogen-bond acceptors (Lipinski definition) is 11. The second-order valence-corrected chi connectivity index (χ2v) is 21.6. The fraction of sp³-hybridized carbons (Fsp3) is 0.636. The molecule has 0 spiro atoms. The summed E-state index contributed by atoms with van der Waals surface area (Å²) in [5.41, 5.74) is 2.37. The van der Waals surface area contributed by atoms with Gasteiger partial charge in [0.25, 0.3) is 0 Å². The number of imidazole rings is 1. The summed E-state index contributed by atoms with van der Waals surface area (Å²) in [5.74, 6) is -1.36. The van der Waals surface area contributed by atoms with Gasteiger partial charge in [0.1, 0.15) is 22.2 Å². The third-order valence-electron chi connectivity index (χ3n) is 12.2. The highest BCUT2D eigenvalue weighted by atomic mass is 35.5.